The second-order valence-electron chi connectivity index (χ2n) is 8.14. The number of aromatic nitrogens is 1. The standard InChI is InChI=1S/C24H26Cl2N4O3S/c1-15-6-7-23(16(2)8-15)29(34(5,32)33)14-24(31)28-27-13-19-9-17(3)30(18(19)4)22-11-20(25)10-21(26)12-22/h6-13H,14H2,1-5H3,(H,28,31)/b27-13-. The van der Waals surface area contributed by atoms with Crippen molar-refractivity contribution in [3.63, 3.8) is 0 Å². The molecule has 0 radical (unpaired) electrons. The molecule has 0 aliphatic heterocycles. The lowest BCUT2D eigenvalue weighted by Gasteiger charge is -2.23. The summed E-state index contributed by atoms with van der Waals surface area (Å²) in [6.07, 6.45) is 2.59. The summed E-state index contributed by atoms with van der Waals surface area (Å²) in [5, 5.41) is 5.09. The van der Waals surface area contributed by atoms with Crippen molar-refractivity contribution in [2.75, 3.05) is 17.1 Å². The summed E-state index contributed by atoms with van der Waals surface area (Å²) < 4.78 is 27.8. The van der Waals surface area contributed by atoms with Gasteiger partial charge in [-0.2, -0.15) is 5.10 Å². The maximum Gasteiger partial charge on any atom is 0.260 e. The molecule has 0 fully saturated rings. The Bertz CT molecular complexity index is 1360. The minimum atomic E-state index is -3.68. The number of hydrazone groups is 1. The van der Waals surface area contributed by atoms with Crippen molar-refractivity contribution in [1.29, 1.82) is 0 Å². The first-order valence-electron chi connectivity index (χ1n) is 10.4. The maximum atomic E-state index is 12.5. The summed E-state index contributed by atoms with van der Waals surface area (Å²) in [4.78, 5) is 12.5. The highest BCUT2D eigenvalue weighted by molar-refractivity contribution is 7.92. The number of sulfonamides is 1. The van der Waals surface area contributed by atoms with Crippen LogP contribution in [0.4, 0.5) is 5.69 Å². The lowest BCUT2D eigenvalue weighted by atomic mass is 10.1. The van der Waals surface area contributed by atoms with Crippen LogP contribution < -0.4 is 9.73 Å². The van der Waals surface area contributed by atoms with Gasteiger partial charge in [-0.1, -0.05) is 40.9 Å². The fourth-order valence-electron chi connectivity index (χ4n) is 3.79. The molecular weight excluding hydrogens is 495 g/mol. The molecule has 0 saturated carbocycles. The Hall–Kier alpha value is -2.81. The summed E-state index contributed by atoms with van der Waals surface area (Å²) in [5.74, 6) is -0.558. The van der Waals surface area contributed by atoms with Gasteiger partial charge in [0.2, 0.25) is 10.0 Å². The van der Waals surface area contributed by atoms with E-state index in [9.17, 15) is 13.2 Å². The van der Waals surface area contributed by atoms with Crippen LogP contribution in [0, 0.1) is 27.7 Å². The van der Waals surface area contributed by atoms with Gasteiger partial charge in [-0.25, -0.2) is 13.8 Å². The van der Waals surface area contributed by atoms with Crippen LogP contribution in [0.5, 0.6) is 0 Å². The van der Waals surface area contributed by atoms with E-state index in [1.165, 1.54) is 6.21 Å². The van der Waals surface area contributed by atoms with Crippen molar-refractivity contribution < 1.29 is 13.2 Å². The van der Waals surface area contributed by atoms with Gasteiger partial charge in [-0.3, -0.25) is 9.10 Å². The Morgan fingerprint density at radius 3 is 2.29 bits per heavy atom. The largest absolute Gasteiger partial charge is 0.318 e. The van der Waals surface area contributed by atoms with Crippen molar-refractivity contribution in [3.8, 4) is 5.69 Å². The van der Waals surface area contributed by atoms with Crippen LogP contribution in [-0.4, -0.2) is 37.9 Å². The Kier molecular flexibility index (Phi) is 7.75. The molecule has 10 heteroatoms. The molecule has 0 aliphatic rings. The van der Waals surface area contributed by atoms with Crippen molar-refractivity contribution >= 4 is 51.0 Å². The zero-order valence-electron chi connectivity index (χ0n) is 19.6. The van der Waals surface area contributed by atoms with Gasteiger partial charge in [0.25, 0.3) is 5.91 Å². The monoisotopic (exact) mass is 520 g/mol. The van der Waals surface area contributed by atoms with Gasteiger partial charge >= 0.3 is 0 Å². The summed E-state index contributed by atoms with van der Waals surface area (Å²) in [6.45, 7) is 7.18. The summed E-state index contributed by atoms with van der Waals surface area (Å²) in [6, 6.07) is 12.6. The number of benzene rings is 2. The molecule has 2 aromatic carbocycles. The first-order valence-corrected chi connectivity index (χ1v) is 13.0. The molecule has 0 spiro atoms. The minimum absolute atomic E-state index is 0.389. The molecule has 0 atom stereocenters. The van der Waals surface area contributed by atoms with E-state index < -0.39 is 15.9 Å². The molecule has 34 heavy (non-hydrogen) atoms. The van der Waals surface area contributed by atoms with Gasteiger partial charge in [0, 0.05) is 32.7 Å². The van der Waals surface area contributed by atoms with E-state index in [0.29, 0.717) is 15.7 Å². The fraction of sp³-hybridized carbons (Fsp3) is 0.250. The Morgan fingerprint density at radius 1 is 1.06 bits per heavy atom. The molecule has 0 aliphatic carbocycles. The van der Waals surface area contributed by atoms with Crippen LogP contribution in [0.15, 0.2) is 47.6 Å². The molecule has 3 rings (SSSR count). The number of aryl methyl sites for hydroxylation is 3. The third-order valence-corrected chi connectivity index (χ3v) is 6.84. The Labute approximate surface area is 210 Å². The zero-order valence-corrected chi connectivity index (χ0v) is 21.9. The van der Waals surface area contributed by atoms with E-state index in [0.717, 1.165) is 44.3 Å². The highest BCUT2D eigenvalue weighted by atomic mass is 35.5. The van der Waals surface area contributed by atoms with Crippen LogP contribution in [0.2, 0.25) is 10.0 Å². The number of hydrogen-bond acceptors (Lipinski definition) is 4. The summed E-state index contributed by atoms with van der Waals surface area (Å²) in [5.41, 5.74) is 8.04. The average molecular weight is 521 g/mol. The second-order valence-corrected chi connectivity index (χ2v) is 10.9. The molecule has 0 saturated heterocycles. The van der Waals surface area contributed by atoms with Crippen LogP contribution in [0.25, 0.3) is 5.69 Å². The third-order valence-electron chi connectivity index (χ3n) is 5.28. The molecule has 1 amide bonds. The van der Waals surface area contributed by atoms with E-state index in [2.05, 4.69) is 10.5 Å². The minimum Gasteiger partial charge on any atom is -0.318 e. The average Bonchev–Trinajstić information content (AvgIpc) is 2.98. The smallest absolute Gasteiger partial charge is 0.260 e. The van der Waals surface area contributed by atoms with Gasteiger partial charge in [0.1, 0.15) is 6.54 Å². The van der Waals surface area contributed by atoms with Gasteiger partial charge in [0.05, 0.1) is 18.2 Å². The van der Waals surface area contributed by atoms with Crippen molar-refractivity contribution in [2.45, 2.75) is 27.7 Å². The van der Waals surface area contributed by atoms with Crippen LogP contribution in [-0.2, 0) is 14.8 Å². The molecule has 1 aromatic heterocycles. The van der Waals surface area contributed by atoms with Gasteiger partial charge in [-0.05, 0) is 63.6 Å². The van der Waals surface area contributed by atoms with Crippen molar-refractivity contribution in [3.05, 3.63) is 80.6 Å². The third kappa shape index (κ3) is 6.00. The van der Waals surface area contributed by atoms with Crippen LogP contribution in [0.3, 0.4) is 0 Å². The molecule has 7 nitrogen and oxygen atoms in total. The first-order chi connectivity index (χ1) is 15.9. The number of nitrogens with zero attached hydrogens (tertiary/aromatic N) is 3. The van der Waals surface area contributed by atoms with Crippen molar-refractivity contribution in [2.24, 2.45) is 5.10 Å². The molecule has 0 bridgehead atoms. The van der Waals surface area contributed by atoms with E-state index in [4.69, 9.17) is 23.2 Å². The predicted molar refractivity (Wildman–Crippen MR) is 139 cm³/mol. The number of nitrogens with one attached hydrogen (secondary N) is 1. The Morgan fingerprint density at radius 2 is 1.71 bits per heavy atom. The predicted octanol–water partition coefficient (Wildman–Crippen LogP) is 4.93. The number of anilines is 1. The second kappa shape index (κ2) is 10.2. The fourth-order valence-corrected chi connectivity index (χ4v) is 5.22. The molecule has 180 valence electrons. The van der Waals surface area contributed by atoms with Crippen LogP contribution >= 0.6 is 23.2 Å². The topological polar surface area (TPSA) is 83.8 Å². The molecule has 1 N–H and O–H groups in total. The normalized spacial score (nSPS) is 11.7. The Balaban J connectivity index is 1.78. The van der Waals surface area contributed by atoms with Crippen LogP contribution in [0.1, 0.15) is 28.1 Å². The molecule has 1 heterocycles. The van der Waals surface area contributed by atoms with E-state index in [1.807, 2.05) is 49.6 Å². The molecule has 3 aromatic rings. The van der Waals surface area contributed by atoms with E-state index in [-0.39, 0.29) is 6.54 Å². The molecular formula is C24H26Cl2N4O3S. The number of hydrogen-bond donors (Lipinski definition) is 1. The quantitative estimate of drug-likeness (QED) is 0.353. The van der Waals surface area contributed by atoms with Gasteiger partial charge in [-0.15, -0.1) is 0 Å². The lowest BCUT2D eigenvalue weighted by Crippen LogP contribution is -2.39. The molecule has 0 unspecified atom stereocenters. The highest BCUT2D eigenvalue weighted by Crippen LogP contribution is 2.26. The summed E-state index contributed by atoms with van der Waals surface area (Å²) >= 11 is 12.3. The van der Waals surface area contributed by atoms with Gasteiger partial charge < -0.3 is 4.57 Å². The van der Waals surface area contributed by atoms with E-state index >= 15 is 0 Å². The number of carbonyl (C=O) groups is 1. The lowest BCUT2D eigenvalue weighted by molar-refractivity contribution is -0.119. The zero-order chi connectivity index (χ0) is 25.2. The number of rotatable bonds is 7. The summed E-state index contributed by atoms with van der Waals surface area (Å²) in [7, 11) is -3.68. The number of halogens is 2. The van der Waals surface area contributed by atoms with Crippen molar-refractivity contribution in [1.82, 2.24) is 9.99 Å². The van der Waals surface area contributed by atoms with E-state index in [1.54, 1.807) is 25.1 Å². The first kappa shape index (κ1) is 25.8. The number of carbonyl (C=O) groups excluding carboxylic acids is 1. The van der Waals surface area contributed by atoms with Gasteiger partial charge in [0.15, 0.2) is 0 Å². The highest BCUT2D eigenvalue weighted by Gasteiger charge is 2.22. The number of amides is 1. The SMILES string of the molecule is Cc1ccc(N(CC(=O)N/N=C\c2cc(C)n(-c3cc(Cl)cc(Cl)c3)c2C)S(C)(=O)=O)c(C)c1. The maximum absolute atomic E-state index is 12.5.